The van der Waals surface area contributed by atoms with E-state index < -0.39 is 5.97 Å². The third kappa shape index (κ3) is 2.99. The number of nitrogens with zero attached hydrogens (tertiary/aromatic N) is 3. The number of anilines is 1. The van der Waals surface area contributed by atoms with Gasteiger partial charge in [0.2, 0.25) is 0 Å². The van der Waals surface area contributed by atoms with Crippen LogP contribution in [0.2, 0.25) is 0 Å². The first-order valence-electron chi connectivity index (χ1n) is 9.00. The third-order valence-electron chi connectivity index (χ3n) is 4.45. The third-order valence-corrected chi connectivity index (χ3v) is 4.45. The number of unbranched alkanes of at least 4 members (excludes halogenated alkanes) is 1. The van der Waals surface area contributed by atoms with E-state index in [2.05, 4.69) is 4.98 Å². The summed E-state index contributed by atoms with van der Waals surface area (Å²) < 4.78 is 7.17. The molecule has 0 aliphatic carbocycles. The highest BCUT2D eigenvalue weighted by Gasteiger charge is 2.25. The quantitative estimate of drug-likeness (QED) is 0.428. The lowest BCUT2D eigenvalue weighted by Gasteiger charge is -2.07. The number of esters is 1. The molecule has 0 spiro atoms. The van der Waals surface area contributed by atoms with Crippen LogP contribution in [0.3, 0.4) is 0 Å². The molecular formula is C21H20N4O2. The summed E-state index contributed by atoms with van der Waals surface area (Å²) >= 11 is 0. The van der Waals surface area contributed by atoms with Gasteiger partial charge in [0.05, 0.1) is 17.6 Å². The van der Waals surface area contributed by atoms with E-state index in [0.717, 1.165) is 24.0 Å². The van der Waals surface area contributed by atoms with Gasteiger partial charge < -0.3 is 10.5 Å². The summed E-state index contributed by atoms with van der Waals surface area (Å²) in [6.45, 7) is 2.40. The minimum absolute atomic E-state index is 0.267. The van der Waals surface area contributed by atoms with Gasteiger partial charge in [0.15, 0.2) is 5.65 Å². The van der Waals surface area contributed by atoms with E-state index in [1.165, 1.54) is 0 Å². The average molecular weight is 360 g/mol. The molecule has 2 N–H and O–H groups in total. The average Bonchev–Trinajstić information content (AvgIpc) is 2.97. The van der Waals surface area contributed by atoms with Crippen molar-refractivity contribution in [3.05, 3.63) is 60.2 Å². The number of hydrogen-bond donors (Lipinski definition) is 1. The highest BCUT2D eigenvalue weighted by atomic mass is 16.5. The molecule has 0 fully saturated rings. The van der Waals surface area contributed by atoms with E-state index in [4.69, 9.17) is 15.5 Å². The van der Waals surface area contributed by atoms with Gasteiger partial charge in [-0.3, -0.25) is 4.57 Å². The van der Waals surface area contributed by atoms with Crippen molar-refractivity contribution >= 4 is 34.0 Å². The number of fused-ring (bicyclic) bond motifs is 2. The van der Waals surface area contributed by atoms with Gasteiger partial charge in [-0.15, -0.1) is 0 Å². The normalized spacial score (nSPS) is 11.1. The van der Waals surface area contributed by atoms with Crippen LogP contribution in [0.5, 0.6) is 0 Å². The molecule has 4 aromatic rings. The number of carbonyl (C=O) groups is 1. The van der Waals surface area contributed by atoms with Crippen molar-refractivity contribution < 1.29 is 9.53 Å². The topological polar surface area (TPSA) is 83.0 Å². The molecular weight excluding hydrogens is 340 g/mol. The highest BCUT2D eigenvalue weighted by molar-refractivity contribution is 6.09. The summed E-state index contributed by atoms with van der Waals surface area (Å²) in [6.07, 6.45) is 1.75. The monoisotopic (exact) mass is 360 g/mol. The number of para-hydroxylation sites is 3. The molecule has 0 radical (unpaired) electrons. The molecule has 0 atom stereocenters. The van der Waals surface area contributed by atoms with Crippen molar-refractivity contribution in [1.29, 1.82) is 0 Å². The first-order chi connectivity index (χ1) is 13.2. The Morgan fingerprint density at radius 3 is 2.41 bits per heavy atom. The Labute approximate surface area is 156 Å². The smallest absolute Gasteiger partial charge is 0.344 e. The standard InChI is InChI=1S/C21H20N4O2/c1-2-3-13-27-21(26)17-18-20(24-16-12-8-7-11-15(16)23-18)25(19(17)22)14-9-5-4-6-10-14/h4-12H,2-3,13,22H2,1H3. The van der Waals surface area contributed by atoms with Crippen molar-refractivity contribution in [3.63, 3.8) is 0 Å². The Morgan fingerprint density at radius 1 is 1.04 bits per heavy atom. The second-order valence-electron chi connectivity index (χ2n) is 6.31. The molecule has 0 aliphatic rings. The van der Waals surface area contributed by atoms with Crippen LogP contribution in [-0.2, 0) is 4.74 Å². The zero-order valence-electron chi connectivity index (χ0n) is 15.1. The molecule has 2 heterocycles. The summed E-state index contributed by atoms with van der Waals surface area (Å²) in [4.78, 5) is 22.1. The van der Waals surface area contributed by atoms with Crippen molar-refractivity contribution in [2.24, 2.45) is 0 Å². The Hall–Kier alpha value is -3.41. The van der Waals surface area contributed by atoms with Gasteiger partial charge in [-0.05, 0) is 30.7 Å². The number of hydrogen-bond acceptors (Lipinski definition) is 5. The number of nitrogens with two attached hydrogens (primary N) is 1. The molecule has 6 heteroatoms. The van der Waals surface area contributed by atoms with E-state index >= 15 is 0 Å². The van der Waals surface area contributed by atoms with Crippen LogP contribution < -0.4 is 5.73 Å². The van der Waals surface area contributed by atoms with Crippen molar-refractivity contribution in [2.75, 3.05) is 12.3 Å². The van der Waals surface area contributed by atoms with Crippen molar-refractivity contribution in [1.82, 2.24) is 14.5 Å². The first kappa shape index (κ1) is 17.0. The molecule has 0 aliphatic heterocycles. The molecule has 4 rings (SSSR count). The van der Waals surface area contributed by atoms with Gasteiger partial charge >= 0.3 is 5.97 Å². The number of rotatable bonds is 5. The molecule has 0 saturated carbocycles. The van der Waals surface area contributed by atoms with Crippen molar-refractivity contribution in [3.8, 4) is 5.69 Å². The van der Waals surface area contributed by atoms with E-state index in [-0.39, 0.29) is 11.4 Å². The fourth-order valence-corrected chi connectivity index (χ4v) is 3.08. The van der Waals surface area contributed by atoms with Crippen LogP contribution in [0.1, 0.15) is 30.1 Å². The van der Waals surface area contributed by atoms with Crippen LogP contribution >= 0.6 is 0 Å². The molecule has 0 unspecified atom stereocenters. The van der Waals surface area contributed by atoms with Crippen LogP contribution in [0, 0.1) is 0 Å². The molecule has 2 aromatic carbocycles. The predicted octanol–water partition coefficient (Wildman–Crippen LogP) is 4.11. The lowest BCUT2D eigenvalue weighted by atomic mass is 10.2. The Kier molecular flexibility index (Phi) is 4.46. The zero-order valence-corrected chi connectivity index (χ0v) is 15.1. The molecule has 2 aromatic heterocycles. The number of aromatic nitrogens is 3. The molecule has 0 amide bonds. The van der Waals surface area contributed by atoms with Gasteiger partial charge in [0.25, 0.3) is 0 Å². The van der Waals surface area contributed by atoms with E-state index in [9.17, 15) is 4.79 Å². The summed E-state index contributed by atoms with van der Waals surface area (Å²) in [5.74, 6) is -0.182. The second kappa shape index (κ2) is 7.07. The van der Waals surface area contributed by atoms with Gasteiger partial charge in [-0.25, -0.2) is 14.8 Å². The lowest BCUT2D eigenvalue weighted by Crippen LogP contribution is -2.10. The molecule has 136 valence electrons. The Morgan fingerprint density at radius 2 is 1.70 bits per heavy atom. The highest BCUT2D eigenvalue weighted by Crippen LogP contribution is 2.31. The van der Waals surface area contributed by atoms with Gasteiger partial charge in [0.1, 0.15) is 16.9 Å². The van der Waals surface area contributed by atoms with E-state index in [1.807, 2.05) is 61.5 Å². The van der Waals surface area contributed by atoms with Crippen molar-refractivity contribution in [2.45, 2.75) is 19.8 Å². The fraction of sp³-hybridized carbons (Fsp3) is 0.190. The van der Waals surface area contributed by atoms with Gasteiger partial charge in [-0.2, -0.15) is 0 Å². The number of ether oxygens (including phenoxy) is 1. The zero-order chi connectivity index (χ0) is 18.8. The van der Waals surface area contributed by atoms with E-state index in [0.29, 0.717) is 23.3 Å². The molecule has 27 heavy (non-hydrogen) atoms. The van der Waals surface area contributed by atoms with Crippen LogP contribution in [0.15, 0.2) is 54.6 Å². The van der Waals surface area contributed by atoms with Gasteiger partial charge in [0, 0.05) is 5.69 Å². The number of benzene rings is 2. The molecule has 0 saturated heterocycles. The van der Waals surface area contributed by atoms with Crippen LogP contribution in [-0.4, -0.2) is 27.1 Å². The summed E-state index contributed by atoms with van der Waals surface area (Å²) in [7, 11) is 0. The maximum atomic E-state index is 12.8. The molecule has 6 nitrogen and oxygen atoms in total. The Bertz CT molecular complexity index is 1120. The number of carbonyl (C=O) groups excluding carboxylic acids is 1. The lowest BCUT2D eigenvalue weighted by molar-refractivity contribution is 0.0503. The minimum Gasteiger partial charge on any atom is -0.462 e. The first-order valence-corrected chi connectivity index (χ1v) is 9.00. The fourth-order valence-electron chi connectivity index (χ4n) is 3.08. The second-order valence-corrected chi connectivity index (χ2v) is 6.31. The summed E-state index contributed by atoms with van der Waals surface area (Å²) in [5, 5.41) is 0. The summed E-state index contributed by atoms with van der Waals surface area (Å²) in [5.41, 5.74) is 9.93. The SMILES string of the molecule is CCCCOC(=O)c1c(N)n(-c2ccccc2)c2nc3ccccc3nc12. The van der Waals surface area contributed by atoms with Gasteiger partial charge in [-0.1, -0.05) is 43.7 Å². The predicted molar refractivity (Wildman–Crippen MR) is 106 cm³/mol. The van der Waals surface area contributed by atoms with E-state index in [1.54, 1.807) is 4.57 Å². The largest absolute Gasteiger partial charge is 0.462 e. The molecule has 0 bridgehead atoms. The number of nitrogen functional groups attached to an aromatic ring is 1. The minimum atomic E-state index is -0.467. The summed E-state index contributed by atoms with van der Waals surface area (Å²) in [6, 6.07) is 17.1. The van der Waals surface area contributed by atoms with Crippen LogP contribution in [0.4, 0.5) is 5.82 Å². The van der Waals surface area contributed by atoms with Crippen LogP contribution in [0.25, 0.3) is 27.9 Å². The maximum absolute atomic E-state index is 12.8. The maximum Gasteiger partial charge on any atom is 0.344 e. The Balaban J connectivity index is 1.97.